The highest BCUT2D eigenvalue weighted by Crippen LogP contribution is 2.16. The lowest BCUT2D eigenvalue weighted by atomic mass is 10.1. The standard InChI is InChI=1S/C14H19NO2/c1-4-10-17-13-8-6-12(7-9-13)15-14(16)11(3)5-2/h4,6-9,11H,1,5,10H2,2-3H3,(H,15,16). The molecule has 0 bridgehead atoms. The van der Waals surface area contributed by atoms with Crippen LogP contribution in [-0.2, 0) is 4.79 Å². The molecule has 1 atom stereocenters. The molecule has 92 valence electrons. The molecule has 0 radical (unpaired) electrons. The molecule has 17 heavy (non-hydrogen) atoms. The third-order valence-corrected chi connectivity index (χ3v) is 2.55. The highest BCUT2D eigenvalue weighted by molar-refractivity contribution is 5.92. The molecule has 0 aliphatic carbocycles. The van der Waals surface area contributed by atoms with Crippen LogP contribution in [0.2, 0.25) is 0 Å². The van der Waals surface area contributed by atoms with Gasteiger partial charge in [0, 0.05) is 11.6 Å². The van der Waals surface area contributed by atoms with Crippen molar-refractivity contribution in [2.45, 2.75) is 20.3 Å². The van der Waals surface area contributed by atoms with Gasteiger partial charge in [-0.15, -0.1) is 0 Å². The van der Waals surface area contributed by atoms with Crippen LogP contribution in [0.3, 0.4) is 0 Å². The lowest BCUT2D eigenvalue weighted by Crippen LogP contribution is -2.19. The van der Waals surface area contributed by atoms with E-state index < -0.39 is 0 Å². The Labute approximate surface area is 102 Å². The van der Waals surface area contributed by atoms with Gasteiger partial charge in [0.25, 0.3) is 0 Å². The Morgan fingerprint density at radius 1 is 1.47 bits per heavy atom. The SMILES string of the molecule is C=CCOc1ccc(NC(=O)C(C)CC)cc1. The summed E-state index contributed by atoms with van der Waals surface area (Å²) in [5.74, 6) is 0.852. The van der Waals surface area contributed by atoms with Crippen molar-refractivity contribution < 1.29 is 9.53 Å². The highest BCUT2D eigenvalue weighted by atomic mass is 16.5. The minimum atomic E-state index is 0.0340. The number of amides is 1. The molecule has 1 amide bonds. The number of carbonyl (C=O) groups excluding carboxylic acids is 1. The zero-order valence-corrected chi connectivity index (χ0v) is 10.4. The van der Waals surface area contributed by atoms with Crippen molar-refractivity contribution in [1.82, 2.24) is 0 Å². The van der Waals surface area contributed by atoms with E-state index in [1.54, 1.807) is 6.08 Å². The van der Waals surface area contributed by atoms with Crippen molar-refractivity contribution in [1.29, 1.82) is 0 Å². The van der Waals surface area contributed by atoms with Gasteiger partial charge in [-0.3, -0.25) is 4.79 Å². The molecular weight excluding hydrogens is 214 g/mol. The van der Waals surface area contributed by atoms with E-state index in [0.29, 0.717) is 6.61 Å². The second kappa shape index (κ2) is 6.74. The van der Waals surface area contributed by atoms with Crippen LogP contribution in [0.5, 0.6) is 5.75 Å². The van der Waals surface area contributed by atoms with Gasteiger partial charge in [0.05, 0.1) is 0 Å². The third kappa shape index (κ3) is 4.31. The fraction of sp³-hybridized carbons (Fsp3) is 0.357. The smallest absolute Gasteiger partial charge is 0.227 e. The molecule has 1 N–H and O–H groups in total. The first-order valence-electron chi connectivity index (χ1n) is 5.82. The molecule has 1 aromatic rings. The number of hydrogen-bond donors (Lipinski definition) is 1. The lowest BCUT2D eigenvalue weighted by molar-refractivity contribution is -0.119. The molecular formula is C14H19NO2. The number of ether oxygens (including phenoxy) is 1. The molecule has 0 saturated heterocycles. The van der Waals surface area contributed by atoms with Crippen LogP contribution >= 0.6 is 0 Å². The molecule has 0 spiro atoms. The predicted octanol–water partition coefficient (Wildman–Crippen LogP) is 3.24. The second-order valence-corrected chi connectivity index (χ2v) is 3.92. The highest BCUT2D eigenvalue weighted by Gasteiger charge is 2.10. The van der Waals surface area contributed by atoms with Crippen molar-refractivity contribution in [2.24, 2.45) is 5.92 Å². The zero-order chi connectivity index (χ0) is 12.7. The van der Waals surface area contributed by atoms with Crippen LogP contribution < -0.4 is 10.1 Å². The van der Waals surface area contributed by atoms with Gasteiger partial charge < -0.3 is 10.1 Å². The van der Waals surface area contributed by atoms with E-state index >= 15 is 0 Å². The van der Waals surface area contributed by atoms with Crippen LogP contribution in [0.25, 0.3) is 0 Å². The summed E-state index contributed by atoms with van der Waals surface area (Å²) in [5, 5.41) is 2.86. The van der Waals surface area contributed by atoms with Crippen molar-refractivity contribution >= 4 is 11.6 Å². The molecule has 0 fully saturated rings. The van der Waals surface area contributed by atoms with E-state index in [0.717, 1.165) is 17.9 Å². The van der Waals surface area contributed by atoms with E-state index in [4.69, 9.17) is 4.74 Å². The predicted molar refractivity (Wildman–Crippen MR) is 70.2 cm³/mol. The Balaban J connectivity index is 2.56. The minimum absolute atomic E-state index is 0.0340. The van der Waals surface area contributed by atoms with Gasteiger partial charge >= 0.3 is 0 Å². The first-order valence-corrected chi connectivity index (χ1v) is 5.82. The van der Waals surface area contributed by atoms with Crippen molar-refractivity contribution in [3.8, 4) is 5.75 Å². The normalized spacial score (nSPS) is 11.6. The first kappa shape index (κ1) is 13.3. The summed E-state index contributed by atoms with van der Waals surface area (Å²) < 4.78 is 5.35. The van der Waals surface area contributed by atoms with Gasteiger partial charge in [-0.2, -0.15) is 0 Å². The molecule has 0 heterocycles. The molecule has 0 aliphatic heterocycles. The topological polar surface area (TPSA) is 38.3 Å². The number of anilines is 1. The van der Waals surface area contributed by atoms with Crippen LogP contribution in [0, 0.1) is 5.92 Å². The lowest BCUT2D eigenvalue weighted by Gasteiger charge is -2.10. The maximum atomic E-state index is 11.6. The summed E-state index contributed by atoms with van der Waals surface area (Å²) in [6.45, 7) is 7.97. The van der Waals surface area contributed by atoms with Crippen molar-refractivity contribution in [3.63, 3.8) is 0 Å². The second-order valence-electron chi connectivity index (χ2n) is 3.92. The number of carbonyl (C=O) groups is 1. The Kier molecular flexibility index (Phi) is 5.27. The van der Waals surface area contributed by atoms with Gasteiger partial charge in [0.1, 0.15) is 12.4 Å². The Bertz CT molecular complexity index is 370. The van der Waals surface area contributed by atoms with Crippen LogP contribution in [0.4, 0.5) is 5.69 Å². The van der Waals surface area contributed by atoms with Crippen LogP contribution in [0.15, 0.2) is 36.9 Å². The van der Waals surface area contributed by atoms with E-state index in [1.807, 2.05) is 38.1 Å². The molecule has 1 rings (SSSR count). The summed E-state index contributed by atoms with van der Waals surface area (Å²) in [7, 11) is 0. The van der Waals surface area contributed by atoms with Gasteiger partial charge in [0.15, 0.2) is 0 Å². The average Bonchev–Trinajstić information content (AvgIpc) is 2.37. The van der Waals surface area contributed by atoms with Crippen LogP contribution in [-0.4, -0.2) is 12.5 Å². The molecule has 0 saturated carbocycles. The Morgan fingerprint density at radius 3 is 2.65 bits per heavy atom. The quantitative estimate of drug-likeness (QED) is 0.766. The Morgan fingerprint density at radius 2 is 2.12 bits per heavy atom. The number of hydrogen-bond acceptors (Lipinski definition) is 2. The van der Waals surface area contributed by atoms with Crippen LogP contribution in [0.1, 0.15) is 20.3 Å². The molecule has 1 unspecified atom stereocenters. The fourth-order valence-corrected chi connectivity index (χ4v) is 1.24. The van der Waals surface area contributed by atoms with Gasteiger partial charge in [0.2, 0.25) is 5.91 Å². The average molecular weight is 233 g/mol. The maximum absolute atomic E-state index is 11.6. The summed E-state index contributed by atoms with van der Waals surface area (Å²) in [6, 6.07) is 7.32. The first-order chi connectivity index (χ1) is 8.17. The van der Waals surface area contributed by atoms with E-state index in [9.17, 15) is 4.79 Å². The Hall–Kier alpha value is -1.77. The molecule has 0 aliphatic rings. The van der Waals surface area contributed by atoms with Gasteiger partial charge in [-0.25, -0.2) is 0 Å². The number of rotatable bonds is 6. The summed E-state index contributed by atoms with van der Waals surface area (Å²) >= 11 is 0. The summed E-state index contributed by atoms with van der Waals surface area (Å²) in [4.78, 5) is 11.6. The van der Waals surface area contributed by atoms with Crippen molar-refractivity contribution in [3.05, 3.63) is 36.9 Å². The molecule has 3 heteroatoms. The number of nitrogens with one attached hydrogen (secondary N) is 1. The monoisotopic (exact) mass is 233 g/mol. The van der Waals surface area contributed by atoms with E-state index in [-0.39, 0.29) is 11.8 Å². The molecule has 3 nitrogen and oxygen atoms in total. The van der Waals surface area contributed by atoms with Crippen molar-refractivity contribution in [2.75, 3.05) is 11.9 Å². The zero-order valence-electron chi connectivity index (χ0n) is 10.4. The summed E-state index contributed by atoms with van der Waals surface area (Å²) in [5.41, 5.74) is 0.793. The van der Waals surface area contributed by atoms with Gasteiger partial charge in [-0.05, 0) is 30.7 Å². The maximum Gasteiger partial charge on any atom is 0.227 e. The minimum Gasteiger partial charge on any atom is -0.490 e. The number of benzene rings is 1. The van der Waals surface area contributed by atoms with E-state index in [2.05, 4.69) is 11.9 Å². The summed E-state index contributed by atoms with van der Waals surface area (Å²) in [6.07, 6.45) is 2.53. The third-order valence-electron chi connectivity index (χ3n) is 2.55. The fourth-order valence-electron chi connectivity index (χ4n) is 1.24. The van der Waals surface area contributed by atoms with Gasteiger partial charge in [-0.1, -0.05) is 26.5 Å². The largest absolute Gasteiger partial charge is 0.490 e. The molecule has 0 aromatic heterocycles. The molecule has 1 aromatic carbocycles. The van der Waals surface area contributed by atoms with E-state index in [1.165, 1.54) is 0 Å².